The molecular weight excluding hydrogens is 364 g/mol. The molecule has 1 N–H and O–H groups in total. The van der Waals surface area contributed by atoms with Gasteiger partial charge in [-0.2, -0.15) is 9.61 Å². The molecule has 7 heteroatoms. The van der Waals surface area contributed by atoms with E-state index < -0.39 is 0 Å². The van der Waals surface area contributed by atoms with Crippen LogP contribution in [0.4, 0.5) is 5.69 Å². The van der Waals surface area contributed by atoms with Crippen LogP contribution in [0.3, 0.4) is 0 Å². The largest absolute Gasteiger partial charge is 0.326 e. The van der Waals surface area contributed by atoms with Gasteiger partial charge in [0.15, 0.2) is 11.5 Å². The van der Waals surface area contributed by atoms with Gasteiger partial charge in [-0.05, 0) is 41.8 Å². The summed E-state index contributed by atoms with van der Waals surface area (Å²) in [4.78, 5) is 16.4. The molecule has 4 rings (SSSR count). The Morgan fingerprint density at radius 1 is 1.03 bits per heavy atom. The zero-order valence-corrected chi connectivity index (χ0v) is 16.6. The predicted molar refractivity (Wildman–Crippen MR) is 112 cm³/mol. The van der Waals surface area contributed by atoms with Crippen LogP contribution in [0.25, 0.3) is 28.3 Å². The molecule has 3 heterocycles. The second kappa shape index (κ2) is 7.43. The lowest BCUT2D eigenvalue weighted by atomic mass is 9.92. The van der Waals surface area contributed by atoms with Crippen molar-refractivity contribution in [3.05, 3.63) is 60.9 Å². The highest BCUT2D eigenvalue weighted by molar-refractivity contribution is 5.91. The third kappa shape index (κ3) is 4.29. The highest BCUT2D eigenvalue weighted by Crippen LogP contribution is 2.24. The maximum absolute atomic E-state index is 12.3. The quantitative estimate of drug-likeness (QED) is 0.567. The molecule has 0 aliphatic carbocycles. The van der Waals surface area contributed by atoms with Gasteiger partial charge in [0, 0.05) is 35.6 Å². The number of nitrogens with zero attached hydrogens (tertiary/aromatic N) is 5. The number of carbonyl (C=O) groups is 1. The Morgan fingerprint density at radius 2 is 1.86 bits per heavy atom. The highest BCUT2D eigenvalue weighted by atomic mass is 16.1. The molecule has 0 saturated carbocycles. The van der Waals surface area contributed by atoms with Gasteiger partial charge in [-0.25, -0.2) is 0 Å². The van der Waals surface area contributed by atoms with Gasteiger partial charge in [0.25, 0.3) is 0 Å². The van der Waals surface area contributed by atoms with E-state index in [1.54, 1.807) is 16.9 Å². The van der Waals surface area contributed by atoms with Crippen LogP contribution in [-0.2, 0) is 4.79 Å². The van der Waals surface area contributed by atoms with Crippen molar-refractivity contribution >= 4 is 17.2 Å². The number of benzene rings is 1. The van der Waals surface area contributed by atoms with Crippen molar-refractivity contribution in [3.63, 3.8) is 0 Å². The Balaban J connectivity index is 1.66. The second-order valence-corrected chi connectivity index (χ2v) is 8.12. The minimum atomic E-state index is -0.0641. The Bertz CT molecular complexity index is 1160. The van der Waals surface area contributed by atoms with E-state index >= 15 is 0 Å². The van der Waals surface area contributed by atoms with E-state index in [0.29, 0.717) is 17.9 Å². The summed E-state index contributed by atoms with van der Waals surface area (Å²) < 4.78 is 1.71. The molecular formula is C22H22N6O. The fourth-order valence-electron chi connectivity index (χ4n) is 3.06. The summed E-state index contributed by atoms with van der Waals surface area (Å²) in [5, 5.41) is 16.1. The molecule has 7 nitrogen and oxygen atoms in total. The number of fused-ring (bicyclic) bond motifs is 1. The van der Waals surface area contributed by atoms with E-state index in [-0.39, 0.29) is 11.3 Å². The van der Waals surface area contributed by atoms with Crippen LogP contribution in [0.1, 0.15) is 27.2 Å². The normalized spacial score (nSPS) is 11.6. The third-order valence-corrected chi connectivity index (χ3v) is 4.32. The minimum Gasteiger partial charge on any atom is -0.326 e. The van der Waals surface area contributed by atoms with Crippen molar-refractivity contribution in [1.82, 2.24) is 24.8 Å². The molecule has 0 aliphatic rings. The maximum atomic E-state index is 12.3. The smallest absolute Gasteiger partial charge is 0.224 e. The molecule has 1 amide bonds. The van der Waals surface area contributed by atoms with Crippen LogP contribution in [0.2, 0.25) is 0 Å². The van der Waals surface area contributed by atoms with Gasteiger partial charge in [-0.15, -0.1) is 10.2 Å². The number of aromatic nitrogens is 5. The molecule has 0 spiro atoms. The van der Waals surface area contributed by atoms with Crippen LogP contribution in [0.5, 0.6) is 0 Å². The number of amides is 1. The van der Waals surface area contributed by atoms with Gasteiger partial charge in [0.2, 0.25) is 5.91 Å². The molecule has 0 atom stereocenters. The van der Waals surface area contributed by atoms with E-state index in [1.165, 1.54) is 0 Å². The van der Waals surface area contributed by atoms with E-state index in [2.05, 4.69) is 20.5 Å². The number of pyridine rings is 1. The molecule has 0 fully saturated rings. The van der Waals surface area contributed by atoms with Crippen molar-refractivity contribution in [2.75, 3.05) is 5.32 Å². The first-order valence-corrected chi connectivity index (χ1v) is 9.42. The Kier molecular flexibility index (Phi) is 4.80. The Labute approximate surface area is 168 Å². The number of anilines is 1. The van der Waals surface area contributed by atoms with Crippen LogP contribution in [-0.4, -0.2) is 30.7 Å². The lowest BCUT2D eigenvalue weighted by Crippen LogP contribution is -2.19. The van der Waals surface area contributed by atoms with Gasteiger partial charge in [-0.3, -0.25) is 9.78 Å². The van der Waals surface area contributed by atoms with Crippen LogP contribution >= 0.6 is 0 Å². The highest BCUT2D eigenvalue weighted by Gasteiger charge is 2.16. The lowest BCUT2D eigenvalue weighted by Gasteiger charge is -2.17. The number of hydrogen-bond donors (Lipinski definition) is 1. The monoisotopic (exact) mass is 386 g/mol. The average molecular weight is 386 g/mol. The van der Waals surface area contributed by atoms with E-state index in [9.17, 15) is 4.79 Å². The molecule has 4 aromatic rings. The third-order valence-electron chi connectivity index (χ3n) is 4.32. The summed E-state index contributed by atoms with van der Waals surface area (Å²) >= 11 is 0. The molecule has 146 valence electrons. The molecule has 29 heavy (non-hydrogen) atoms. The van der Waals surface area contributed by atoms with Gasteiger partial charge < -0.3 is 5.32 Å². The first-order chi connectivity index (χ1) is 13.9. The topological polar surface area (TPSA) is 85.1 Å². The van der Waals surface area contributed by atoms with Gasteiger partial charge in [0.05, 0.1) is 5.69 Å². The number of nitrogens with one attached hydrogen (secondary N) is 1. The van der Waals surface area contributed by atoms with E-state index in [0.717, 1.165) is 22.5 Å². The second-order valence-electron chi connectivity index (χ2n) is 8.12. The molecule has 0 bridgehead atoms. The summed E-state index contributed by atoms with van der Waals surface area (Å²) in [6, 6.07) is 15.2. The van der Waals surface area contributed by atoms with E-state index in [4.69, 9.17) is 5.10 Å². The molecule has 0 unspecified atom stereocenters. The number of rotatable bonds is 4. The van der Waals surface area contributed by atoms with Crippen LogP contribution < -0.4 is 5.32 Å². The van der Waals surface area contributed by atoms with Crippen molar-refractivity contribution in [2.24, 2.45) is 5.41 Å². The number of carbonyl (C=O) groups excluding carboxylic acids is 1. The Hall–Kier alpha value is -3.61. The zero-order valence-electron chi connectivity index (χ0n) is 16.6. The van der Waals surface area contributed by atoms with Crippen molar-refractivity contribution in [1.29, 1.82) is 0 Å². The molecule has 3 aromatic heterocycles. The summed E-state index contributed by atoms with van der Waals surface area (Å²) in [5.41, 5.74) is 3.83. The number of hydrogen-bond acceptors (Lipinski definition) is 5. The molecule has 0 aliphatic heterocycles. The van der Waals surface area contributed by atoms with Crippen LogP contribution in [0, 0.1) is 5.41 Å². The fourth-order valence-corrected chi connectivity index (χ4v) is 3.06. The molecule has 0 saturated heterocycles. The first-order valence-electron chi connectivity index (χ1n) is 9.42. The van der Waals surface area contributed by atoms with Gasteiger partial charge in [-0.1, -0.05) is 32.9 Å². The van der Waals surface area contributed by atoms with Crippen molar-refractivity contribution < 1.29 is 4.79 Å². The zero-order chi connectivity index (χ0) is 20.4. The summed E-state index contributed by atoms with van der Waals surface area (Å²) in [6.45, 7) is 6.13. The summed E-state index contributed by atoms with van der Waals surface area (Å²) in [6.07, 6.45) is 3.90. The maximum Gasteiger partial charge on any atom is 0.224 e. The SMILES string of the molecule is CC(C)(C)CC(=O)Nc1cccc(-c2ccc3nnc(-c4cccnc4)n3n2)c1. The minimum absolute atomic E-state index is 0.00395. The first kappa shape index (κ1) is 18.7. The Morgan fingerprint density at radius 3 is 2.62 bits per heavy atom. The van der Waals surface area contributed by atoms with Crippen molar-refractivity contribution in [2.45, 2.75) is 27.2 Å². The molecule has 0 radical (unpaired) electrons. The van der Waals surface area contributed by atoms with Crippen LogP contribution in [0.15, 0.2) is 60.9 Å². The van der Waals surface area contributed by atoms with E-state index in [1.807, 2.05) is 69.3 Å². The summed E-state index contributed by atoms with van der Waals surface area (Å²) in [7, 11) is 0. The van der Waals surface area contributed by atoms with Gasteiger partial charge >= 0.3 is 0 Å². The molecule has 1 aromatic carbocycles. The average Bonchev–Trinajstić information content (AvgIpc) is 3.10. The summed E-state index contributed by atoms with van der Waals surface area (Å²) in [5.74, 6) is 0.625. The standard InChI is InChI=1S/C22H22N6O/c1-22(2,3)13-20(29)24-17-8-4-6-15(12-17)18-9-10-19-25-26-21(28(19)27-18)16-7-5-11-23-14-16/h4-12,14H,13H2,1-3H3,(H,24,29). The fraction of sp³-hybridized carbons (Fsp3) is 0.227. The lowest BCUT2D eigenvalue weighted by molar-refractivity contribution is -0.117. The van der Waals surface area contributed by atoms with Crippen molar-refractivity contribution in [3.8, 4) is 22.6 Å². The van der Waals surface area contributed by atoms with Gasteiger partial charge in [0.1, 0.15) is 0 Å². The predicted octanol–water partition coefficient (Wildman–Crippen LogP) is 4.23.